The van der Waals surface area contributed by atoms with Gasteiger partial charge in [0.15, 0.2) is 5.82 Å². The van der Waals surface area contributed by atoms with Crippen molar-refractivity contribution in [1.29, 1.82) is 0 Å². The molecule has 8 heteroatoms. The number of rotatable bonds is 4. The van der Waals surface area contributed by atoms with Crippen LogP contribution in [0.5, 0.6) is 0 Å². The third-order valence-corrected chi connectivity index (χ3v) is 6.74. The fourth-order valence-electron chi connectivity index (χ4n) is 2.59. The van der Waals surface area contributed by atoms with Crippen molar-refractivity contribution in [2.75, 3.05) is 0 Å². The van der Waals surface area contributed by atoms with E-state index in [9.17, 15) is 8.42 Å². The number of aromatic nitrogens is 2. The summed E-state index contributed by atoms with van der Waals surface area (Å²) in [7, 11) is -3.86. The summed E-state index contributed by atoms with van der Waals surface area (Å²) in [6, 6.07) is 25.6. The zero-order chi connectivity index (χ0) is 19.6. The van der Waals surface area contributed by atoms with E-state index < -0.39 is 10.0 Å². The highest BCUT2D eigenvalue weighted by Gasteiger charge is 2.15. The van der Waals surface area contributed by atoms with Crippen molar-refractivity contribution in [3.63, 3.8) is 0 Å². The van der Waals surface area contributed by atoms with Crippen molar-refractivity contribution in [1.82, 2.24) is 8.94 Å². The van der Waals surface area contributed by atoms with E-state index in [-0.39, 0.29) is 9.70 Å². The predicted molar refractivity (Wildman–Crippen MR) is 114 cm³/mol. The summed E-state index contributed by atoms with van der Waals surface area (Å²) in [4.78, 5) is 4.81. The fourth-order valence-corrected chi connectivity index (χ4v) is 4.86. The molecular weight excluding hydrogens is 458 g/mol. The summed E-state index contributed by atoms with van der Waals surface area (Å²) in [6.07, 6.45) is 0. The van der Waals surface area contributed by atoms with E-state index in [4.69, 9.17) is 0 Å². The van der Waals surface area contributed by atoms with Gasteiger partial charge in [0, 0.05) is 10.0 Å². The molecule has 0 aliphatic rings. The first-order chi connectivity index (χ1) is 13.5. The maximum absolute atomic E-state index is 12.7. The van der Waals surface area contributed by atoms with Gasteiger partial charge in [-0.25, -0.2) is 3.96 Å². The summed E-state index contributed by atoms with van der Waals surface area (Å²) in [5.74, 6) is 0.640. The van der Waals surface area contributed by atoms with Crippen LogP contribution in [0.2, 0.25) is 0 Å². The van der Waals surface area contributed by atoms with Crippen molar-refractivity contribution in [2.45, 2.75) is 4.90 Å². The zero-order valence-electron chi connectivity index (χ0n) is 14.4. The molecule has 4 rings (SSSR count). The van der Waals surface area contributed by atoms with Crippen LogP contribution in [0.15, 0.2) is 98.7 Å². The molecule has 4 aromatic rings. The Kier molecular flexibility index (Phi) is 5.25. The van der Waals surface area contributed by atoms with E-state index in [1.54, 1.807) is 12.1 Å². The van der Waals surface area contributed by atoms with Gasteiger partial charge in [0.25, 0.3) is 10.0 Å². The Labute approximate surface area is 175 Å². The molecule has 0 saturated heterocycles. The van der Waals surface area contributed by atoms with Crippen LogP contribution in [-0.4, -0.2) is 17.4 Å². The number of nitrogens with zero attached hydrogens (tertiary/aromatic N) is 3. The van der Waals surface area contributed by atoms with E-state index in [0.717, 1.165) is 15.7 Å². The van der Waals surface area contributed by atoms with Gasteiger partial charge >= 0.3 is 0 Å². The second kappa shape index (κ2) is 7.83. The lowest BCUT2D eigenvalue weighted by Crippen LogP contribution is -2.06. The van der Waals surface area contributed by atoms with Gasteiger partial charge in [-0.2, -0.15) is 13.4 Å². The molecule has 5 nitrogen and oxygen atoms in total. The number of sulfonamides is 1. The molecular formula is C20H14BrN3O2S2. The molecule has 3 aromatic carbocycles. The minimum atomic E-state index is -3.86. The van der Waals surface area contributed by atoms with Gasteiger partial charge in [-0.3, -0.25) is 0 Å². The molecule has 0 unspecified atom stereocenters. The van der Waals surface area contributed by atoms with Crippen LogP contribution in [0.1, 0.15) is 0 Å². The fraction of sp³-hybridized carbons (Fsp3) is 0. The molecule has 0 bridgehead atoms. The van der Waals surface area contributed by atoms with Crippen LogP contribution in [0.25, 0.3) is 17.1 Å². The minimum Gasteiger partial charge on any atom is -0.246 e. The Bertz CT molecular complexity index is 1200. The molecule has 0 amide bonds. The number of hydrogen-bond donors (Lipinski definition) is 0. The van der Waals surface area contributed by atoms with Crippen LogP contribution in [0.4, 0.5) is 0 Å². The average molecular weight is 472 g/mol. The molecule has 1 heterocycles. The quantitative estimate of drug-likeness (QED) is 0.434. The summed E-state index contributed by atoms with van der Waals surface area (Å²) >= 11 is 4.49. The number of hydrogen-bond acceptors (Lipinski definition) is 4. The standard InChI is InChI=1S/C20H14BrN3O2S2/c21-16-11-13-18(14-12-16)28(25,26)23-20-22-19(15-7-3-1-4-8-15)24(27-20)17-9-5-2-6-10-17/h1-14H/b23-20-. The van der Waals surface area contributed by atoms with E-state index in [0.29, 0.717) is 5.82 Å². The lowest BCUT2D eigenvalue weighted by Gasteiger charge is -2.05. The summed E-state index contributed by atoms with van der Waals surface area (Å²) in [5, 5.41) is 0. The second-order valence-corrected chi connectivity index (χ2v) is 9.26. The molecule has 140 valence electrons. The first-order valence-corrected chi connectivity index (χ1v) is 11.3. The normalized spacial score (nSPS) is 12.2. The Morgan fingerprint density at radius 2 is 1.46 bits per heavy atom. The van der Waals surface area contributed by atoms with Crippen LogP contribution < -0.4 is 4.80 Å². The monoisotopic (exact) mass is 471 g/mol. The first kappa shape index (κ1) is 18.8. The van der Waals surface area contributed by atoms with Crippen molar-refractivity contribution < 1.29 is 8.42 Å². The summed E-state index contributed by atoms with van der Waals surface area (Å²) in [5.41, 5.74) is 1.77. The van der Waals surface area contributed by atoms with E-state index in [2.05, 4.69) is 25.3 Å². The van der Waals surface area contributed by atoms with Crippen LogP contribution in [0.3, 0.4) is 0 Å². The van der Waals surface area contributed by atoms with Crippen LogP contribution in [0, 0.1) is 0 Å². The molecule has 28 heavy (non-hydrogen) atoms. The Balaban J connectivity index is 1.88. The third-order valence-electron chi connectivity index (χ3n) is 3.90. The van der Waals surface area contributed by atoms with Gasteiger partial charge in [-0.1, -0.05) is 64.5 Å². The summed E-state index contributed by atoms with van der Waals surface area (Å²) in [6.45, 7) is 0. The highest BCUT2D eigenvalue weighted by molar-refractivity contribution is 9.10. The molecule has 0 spiro atoms. The predicted octanol–water partition coefficient (Wildman–Crippen LogP) is 4.65. The summed E-state index contributed by atoms with van der Waals surface area (Å²) < 4.78 is 32.0. The molecule has 1 aromatic heterocycles. The highest BCUT2D eigenvalue weighted by atomic mass is 79.9. The lowest BCUT2D eigenvalue weighted by molar-refractivity contribution is 0.596. The Morgan fingerprint density at radius 1 is 0.857 bits per heavy atom. The molecule has 0 radical (unpaired) electrons. The van der Waals surface area contributed by atoms with Crippen LogP contribution in [-0.2, 0) is 10.0 Å². The van der Waals surface area contributed by atoms with E-state index >= 15 is 0 Å². The third kappa shape index (κ3) is 3.99. The molecule has 0 N–H and O–H groups in total. The largest absolute Gasteiger partial charge is 0.285 e. The number of para-hydroxylation sites is 1. The minimum absolute atomic E-state index is 0.124. The number of halogens is 1. The highest BCUT2D eigenvalue weighted by Crippen LogP contribution is 2.22. The topological polar surface area (TPSA) is 64.3 Å². The SMILES string of the molecule is O=S(=O)(/N=c1/nc(-c2ccccc2)n(-c2ccccc2)s1)c1ccc(Br)cc1. The molecule has 0 fully saturated rings. The van der Waals surface area contributed by atoms with Gasteiger partial charge in [0.05, 0.1) is 10.6 Å². The Hall–Kier alpha value is -2.55. The van der Waals surface area contributed by atoms with Crippen molar-refractivity contribution >= 4 is 37.5 Å². The Morgan fingerprint density at radius 3 is 2.11 bits per heavy atom. The van der Waals surface area contributed by atoms with Crippen molar-refractivity contribution in [3.05, 3.63) is 94.2 Å². The average Bonchev–Trinajstić information content (AvgIpc) is 3.13. The smallest absolute Gasteiger partial charge is 0.246 e. The van der Waals surface area contributed by atoms with Gasteiger partial charge in [-0.15, -0.1) is 4.40 Å². The molecule has 0 atom stereocenters. The van der Waals surface area contributed by atoms with Crippen LogP contribution >= 0.6 is 27.5 Å². The lowest BCUT2D eigenvalue weighted by atomic mass is 10.2. The molecule has 0 aliphatic heterocycles. The van der Waals surface area contributed by atoms with Gasteiger partial charge in [-0.05, 0) is 47.9 Å². The second-order valence-electron chi connectivity index (χ2n) is 5.83. The maximum atomic E-state index is 12.7. The van der Waals surface area contributed by atoms with Crippen molar-refractivity contribution in [3.8, 4) is 17.1 Å². The zero-order valence-corrected chi connectivity index (χ0v) is 17.7. The van der Waals surface area contributed by atoms with Gasteiger partial charge in [0.1, 0.15) is 0 Å². The van der Waals surface area contributed by atoms with E-state index in [1.807, 2.05) is 64.6 Å². The molecule has 0 aliphatic carbocycles. The van der Waals surface area contributed by atoms with Crippen molar-refractivity contribution in [2.24, 2.45) is 4.40 Å². The molecule has 0 saturated carbocycles. The van der Waals surface area contributed by atoms with Gasteiger partial charge < -0.3 is 0 Å². The van der Waals surface area contributed by atoms with E-state index in [1.165, 1.54) is 23.7 Å². The number of benzene rings is 3. The first-order valence-electron chi connectivity index (χ1n) is 8.31. The van der Waals surface area contributed by atoms with Gasteiger partial charge in [0.2, 0.25) is 4.80 Å². The maximum Gasteiger partial charge on any atom is 0.285 e.